The summed E-state index contributed by atoms with van der Waals surface area (Å²) in [6, 6.07) is 3.13. The molecular weight excluding hydrogens is 681 g/mol. The number of ether oxygens (including phenoxy) is 1. The smallest absolute Gasteiger partial charge is 0.348 e. The fourth-order valence-electron chi connectivity index (χ4n) is 3.94. The fourth-order valence-corrected chi connectivity index (χ4v) is 4.93. The molecule has 2 aromatic carbocycles. The van der Waals surface area contributed by atoms with Gasteiger partial charge in [0.05, 0.1) is 50.8 Å². The van der Waals surface area contributed by atoms with E-state index in [1.807, 2.05) is 0 Å². The van der Waals surface area contributed by atoms with Gasteiger partial charge >= 0.3 is 17.1 Å². The molecule has 0 aliphatic carbocycles. The van der Waals surface area contributed by atoms with E-state index in [9.17, 15) is 60.6 Å². The molecule has 5 N–H and O–H groups in total. The molecule has 1 unspecified atom stereocenters. The third-order valence-electron chi connectivity index (χ3n) is 5.71. The Balaban J connectivity index is 0.000000261. The summed E-state index contributed by atoms with van der Waals surface area (Å²) in [4.78, 5) is 75.9. The van der Waals surface area contributed by atoms with Crippen LogP contribution >= 0.6 is 0 Å². The highest BCUT2D eigenvalue weighted by Crippen LogP contribution is 2.28. The van der Waals surface area contributed by atoms with Crippen LogP contribution in [0.15, 0.2) is 43.4 Å². The highest BCUT2D eigenvalue weighted by Gasteiger charge is 2.21. The maximum Gasteiger partial charge on any atom is 0.348 e. The number of anilines is 1. The van der Waals surface area contributed by atoms with E-state index in [2.05, 4.69) is 15.3 Å². The minimum absolute atomic E-state index is 0.0297. The number of methoxy groups -OCH3 is 1. The van der Waals surface area contributed by atoms with Crippen LogP contribution in [0, 0.1) is 26.0 Å². The number of halogens is 1. The predicted molar refractivity (Wildman–Crippen MR) is 164 cm³/mol. The lowest BCUT2D eigenvalue weighted by Gasteiger charge is -2.15. The largest absolute Gasteiger partial charge is 0.383 e. The van der Waals surface area contributed by atoms with Crippen LogP contribution in [0.3, 0.4) is 0 Å². The van der Waals surface area contributed by atoms with Gasteiger partial charge in [0.15, 0.2) is 0 Å². The van der Waals surface area contributed by atoms with E-state index in [1.54, 1.807) is 16.6 Å². The summed E-state index contributed by atoms with van der Waals surface area (Å²) in [5.41, 5.74) is -6.00. The summed E-state index contributed by atoms with van der Waals surface area (Å²) < 4.78 is 63.7. The van der Waals surface area contributed by atoms with Gasteiger partial charge in [-0.2, -0.15) is 13.7 Å². The van der Waals surface area contributed by atoms with Crippen molar-refractivity contribution in [2.24, 2.45) is 0 Å². The standard InChI is InChI=1S/C13H17N5O7S.C9H7FN4O6S/c1-7(6-25-2)14-10-4-8-9(5-11(10)18(21)22)15-13(20)17(12(8)19)16-26(3,23)24;1-21(19,20)12-13-8(15)4-2-5(10)7(14(17)18)3-6(4)11-9(13)16/h4-5,7,14,16H,6H2,1-3H3,(H,15,20);2-3,12H,1H3,(H,11,16). The van der Waals surface area contributed by atoms with E-state index < -0.39 is 69.3 Å². The number of nitro groups is 2. The van der Waals surface area contributed by atoms with Crippen LogP contribution < -0.4 is 37.5 Å². The first-order valence-electron chi connectivity index (χ1n) is 12.4. The Morgan fingerprint density at radius 3 is 1.66 bits per heavy atom. The van der Waals surface area contributed by atoms with Gasteiger partial charge in [-0.05, 0) is 19.1 Å². The summed E-state index contributed by atoms with van der Waals surface area (Å²) in [5.74, 6) is -1.29. The normalized spacial score (nSPS) is 12.2. The van der Waals surface area contributed by atoms with Crippen molar-refractivity contribution < 1.29 is 35.8 Å². The molecule has 254 valence electrons. The van der Waals surface area contributed by atoms with Crippen molar-refractivity contribution in [1.29, 1.82) is 0 Å². The molecule has 25 heteroatoms. The molecule has 0 fully saturated rings. The average molecular weight is 706 g/mol. The molecule has 0 spiro atoms. The monoisotopic (exact) mass is 705 g/mol. The molecule has 0 saturated heterocycles. The lowest BCUT2D eigenvalue weighted by molar-refractivity contribution is -0.387. The zero-order valence-electron chi connectivity index (χ0n) is 24.4. The number of sulfonamides is 2. The van der Waals surface area contributed by atoms with E-state index in [4.69, 9.17) is 4.74 Å². The third kappa shape index (κ3) is 8.52. The summed E-state index contributed by atoms with van der Waals surface area (Å²) >= 11 is 0. The van der Waals surface area contributed by atoms with Crippen LogP contribution in [0.25, 0.3) is 21.8 Å². The highest BCUT2D eigenvalue weighted by atomic mass is 32.2. The van der Waals surface area contributed by atoms with Crippen molar-refractivity contribution in [3.8, 4) is 0 Å². The molecular formula is C22H24FN9O13S2. The van der Waals surface area contributed by atoms with E-state index >= 15 is 0 Å². The number of rotatable bonds is 10. The van der Waals surface area contributed by atoms with Crippen molar-refractivity contribution in [3.05, 3.63) is 92.0 Å². The van der Waals surface area contributed by atoms with Gasteiger partial charge in [0.1, 0.15) is 5.69 Å². The average Bonchev–Trinajstić information content (AvgIpc) is 2.93. The molecule has 22 nitrogen and oxygen atoms in total. The van der Waals surface area contributed by atoms with Gasteiger partial charge in [-0.1, -0.05) is 0 Å². The molecule has 0 amide bonds. The second-order valence-corrected chi connectivity index (χ2v) is 13.1. The molecule has 0 aliphatic rings. The Hall–Kier alpha value is -5.69. The predicted octanol–water partition coefficient (Wildman–Crippen LogP) is -1.21. The van der Waals surface area contributed by atoms with Crippen LogP contribution in [0.2, 0.25) is 0 Å². The first kappa shape index (κ1) is 35.8. The molecule has 47 heavy (non-hydrogen) atoms. The number of fused-ring (bicyclic) bond motifs is 2. The van der Waals surface area contributed by atoms with Gasteiger partial charge in [-0.25, -0.2) is 36.1 Å². The Bertz CT molecular complexity index is 2380. The van der Waals surface area contributed by atoms with E-state index in [0.717, 1.165) is 12.3 Å². The Kier molecular flexibility index (Phi) is 10.2. The Morgan fingerprint density at radius 1 is 0.830 bits per heavy atom. The number of hydrogen-bond donors (Lipinski definition) is 5. The maximum absolute atomic E-state index is 13.5. The van der Waals surface area contributed by atoms with Crippen molar-refractivity contribution in [3.63, 3.8) is 0 Å². The molecule has 0 aliphatic heterocycles. The van der Waals surface area contributed by atoms with Gasteiger partial charge in [0.2, 0.25) is 25.9 Å². The maximum atomic E-state index is 13.5. The zero-order valence-corrected chi connectivity index (χ0v) is 26.0. The summed E-state index contributed by atoms with van der Waals surface area (Å²) in [5, 5.41) is 24.2. The van der Waals surface area contributed by atoms with Crippen molar-refractivity contribution in [2.45, 2.75) is 13.0 Å². The second kappa shape index (κ2) is 13.3. The quantitative estimate of drug-likeness (QED) is 0.0955. The molecule has 4 aromatic rings. The van der Waals surface area contributed by atoms with Crippen LogP contribution in [-0.2, 0) is 24.8 Å². The second-order valence-electron chi connectivity index (χ2n) is 9.65. The first-order valence-corrected chi connectivity index (χ1v) is 16.2. The molecule has 0 radical (unpaired) electrons. The van der Waals surface area contributed by atoms with Gasteiger partial charge in [-0.3, -0.25) is 29.8 Å². The summed E-state index contributed by atoms with van der Waals surface area (Å²) in [6.45, 7) is 1.97. The SMILES string of the molecule is COCC(C)Nc1cc2c(=O)n(NS(C)(=O)=O)c(=O)[nH]c2cc1[N+](=O)[O-].CS(=O)(=O)Nn1c(=O)[nH]c2cc([N+](=O)[O-])c(F)cc2c1=O. The molecule has 2 heterocycles. The van der Waals surface area contributed by atoms with Gasteiger partial charge < -0.3 is 20.0 Å². The number of H-pyrrole nitrogens is 2. The molecule has 4 rings (SSSR count). The van der Waals surface area contributed by atoms with Crippen LogP contribution in [0.4, 0.5) is 21.5 Å². The van der Waals surface area contributed by atoms with E-state index in [-0.39, 0.29) is 49.8 Å². The fraction of sp³-hybridized carbons (Fsp3) is 0.273. The summed E-state index contributed by atoms with van der Waals surface area (Å²) in [7, 11) is -6.36. The molecule has 2 aromatic heterocycles. The number of aromatic nitrogens is 4. The lowest BCUT2D eigenvalue weighted by Crippen LogP contribution is -2.43. The number of nitrogens with one attached hydrogen (secondary N) is 5. The molecule has 0 saturated carbocycles. The number of hydrogen-bond acceptors (Lipinski definition) is 14. The number of benzene rings is 2. The van der Waals surface area contributed by atoms with E-state index in [1.165, 1.54) is 13.2 Å². The Morgan fingerprint density at radius 2 is 1.26 bits per heavy atom. The van der Waals surface area contributed by atoms with Crippen LogP contribution in [-0.4, -0.2) is 78.3 Å². The summed E-state index contributed by atoms with van der Waals surface area (Å²) in [6.07, 6.45) is 1.48. The van der Waals surface area contributed by atoms with Gasteiger partial charge in [-0.15, -0.1) is 0 Å². The third-order valence-corrected chi connectivity index (χ3v) is 6.73. The van der Waals surface area contributed by atoms with Gasteiger partial charge in [0, 0.05) is 25.3 Å². The van der Waals surface area contributed by atoms with Crippen molar-refractivity contribution >= 4 is 58.9 Å². The number of nitrogens with zero attached hydrogens (tertiary/aromatic N) is 4. The van der Waals surface area contributed by atoms with E-state index in [0.29, 0.717) is 18.4 Å². The Labute approximate surface area is 260 Å². The van der Waals surface area contributed by atoms with Crippen molar-refractivity contribution in [2.75, 3.05) is 41.2 Å². The molecule has 1 atom stereocenters. The van der Waals surface area contributed by atoms with Crippen LogP contribution in [0.5, 0.6) is 0 Å². The number of aromatic amines is 2. The minimum atomic E-state index is -3.93. The highest BCUT2D eigenvalue weighted by molar-refractivity contribution is 7.91. The van der Waals surface area contributed by atoms with Crippen LogP contribution in [0.1, 0.15) is 6.92 Å². The van der Waals surface area contributed by atoms with Gasteiger partial charge in [0.25, 0.3) is 16.8 Å². The topological polar surface area (TPSA) is 310 Å². The minimum Gasteiger partial charge on any atom is -0.383 e. The lowest BCUT2D eigenvalue weighted by atomic mass is 10.1. The number of nitro benzene ring substituents is 2. The first-order chi connectivity index (χ1) is 21.6. The molecule has 0 bridgehead atoms. The zero-order chi connectivity index (χ0) is 35.6. The van der Waals surface area contributed by atoms with Crippen molar-refractivity contribution in [1.82, 2.24) is 19.3 Å².